The van der Waals surface area contributed by atoms with Crippen LogP contribution in [0.1, 0.15) is 74.4 Å². The van der Waals surface area contributed by atoms with Gasteiger partial charge in [-0.25, -0.2) is 4.79 Å². The molecule has 1 aromatic rings. The molecule has 0 saturated carbocycles. The molecule has 0 heterocycles. The summed E-state index contributed by atoms with van der Waals surface area (Å²) >= 11 is 0. The van der Waals surface area contributed by atoms with Crippen LogP contribution in [0.4, 0.5) is 5.69 Å². The Morgan fingerprint density at radius 2 is 1.83 bits per heavy atom. The fraction of sp³-hybridized carbons (Fsp3) is 0.556. The fourth-order valence-electron chi connectivity index (χ4n) is 2.58. The van der Waals surface area contributed by atoms with Gasteiger partial charge in [-0.2, -0.15) is 0 Å². The van der Waals surface area contributed by atoms with Crippen molar-refractivity contribution in [3.05, 3.63) is 22.8 Å². The largest absolute Gasteiger partial charge is 0.505 e. The van der Waals surface area contributed by atoms with E-state index >= 15 is 0 Å². The standard InChI is InChI=1S/C18H27NO4/c1-4-7-8-9-10-15(20)23-18(22)14-11-12(5-2)13(6-3)16(19)17(14)21/h11,21H,4-10,19H2,1-3H3. The summed E-state index contributed by atoms with van der Waals surface area (Å²) in [6, 6.07) is 1.57. The van der Waals surface area contributed by atoms with Gasteiger partial charge in [-0.05, 0) is 36.5 Å². The first-order valence-electron chi connectivity index (χ1n) is 8.34. The van der Waals surface area contributed by atoms with Gasteiger partial charge in [0.1, 0.15) is 5.56 Å². The molecule has 23 heavy (non-hydrogen) atoms. The van der Waals surface area contributed by atoms with E-state index in [1.807, 2.05) is 13.8 Å². The summed E-state index contributed by atoms with van der Waals surface area (Å²) in [5.41, 5.74) is 7.76. The molecule has 0 atom stereocenters. The molecule has 0 spiro atoms. The van der Waals surface area contributed by atoms with Crippen molar-refractivity contribution < 1.29 is 19.4 Å². The topological polar surface area (TPSA) is 89.6 Å². The number of carbonyl (C=O) groups excluding carboxylic acids is 2. The molecule has 5 nitrogen and oxygen atoms in total. The highest BCUT2D eigenvalue weighted by molar-refractivity contribution is 6.00. The predicted octanol–water partition coefficient (Wildman–Crippen LogP) is 3.75. The maximum Gasteiger partial charge on any atom is 0.349 e. The molecule has 0 aromatic heterocycles. The summed E-state index contributed by atoms with van der Waals surface area (Å²) in [4.78, 5) is 23.8. The van der Waals surface area contributed by atoms with Gasteiger partial charge >= 0.3 is 11.9 Å². The van der Waals surface area contributed by atoms with E-state index in [4.69, 9.17) is 10.5 Å². The first-order valence-corrected chi connectivity index (χ1v) is 8.34. The van der Waals surface area contributed by atoms with Crippen LogP contribution in [0.15, 0.2) is 6.07 Å². The summed E-state index contributed by atoms with van der Waals surface area (Å²) in [5, 5.41) is 10.1. The summed E-state index contributed by atoms with van der Waals surface area (Å²) in [6.45, 7) is 5.96. The highest BCUT2D eigenvalue weighted by Crippen LogP contribution is 2.33. The molecule has 0 bridgehead atoms. The van der Waals surface area contributed by atoms with E-state index in [2.05, 4.69) is 6.92 Å². The average Bonchev–Trinajstić information content (AvgIpc) is 2.53. The van der Waals surface area contributed by atoms with Gasteiger partial charge in [-0.3, -0.25) is 4.79 Å². The SMILES string of the molecule is CCCCCCC(=O)OC(=O)c1cc(CC)c(CC)c(N)c1O. The minimum Gasteiger partial charge on any atom is -0.505 e. The molecule has 0 radical (unpaired) electrons. The Morgan fingerprint density at radius 3 is 2.39 bits per heavy atom. The number of aromatic hydroxyl groups is 1. The van der Waals surface area contributed by atoms with Crippen LogP contribution in [0.25, 0.3) is 0 Å². The van der Waals surface area contributed by atoms with E-state index in [0.717, 1.165) is 30.4 Å². The van der Waals surface area contributed by atoms with Crippen LogP contribution in [0.3, 0.4) is 0 Å². The molecule has 0 saturated heterocycles. The second-order valence-corrected chi connectivity index (χ2v) is 5.60. The molecule has 0 unspecified atom stereocenters. The lowest BCUT2D eigenvalue weighted by atomic mass is 9.97. The number of nitrogen functional groups attached to an aromatic ring is 1. The van der Waals surface area contributed by atoms with E-state index in [9.17, 15) is 14.7 Å². The maximum atomic E-state index is 12.1. The second kappa shape index (κ2) is 9.18. The van der Waals surface area contributed by atoms with Crippen LogP contribution < -0.4 is 5.73 Å². The maximum absolute atomic E-state index is 12.1. The molecule has 0 aliphatic heterocycles. The first kappa shape index (κ1) is 19.0. The molecule has 3 N–H and O–H groups in total. The summed E-state index contributed by atoms with van der Waals surface area (Å²) < 4.78 is 4.83. The summed E-state index contributed by atoms with van der Waals surface area (Å²) in [6.07, 6.45) is 5.30. The van der Waals surface area contributed by atoms with Crippen LogP contribution in [-0.4, -0.2) is 17.0 Å². The van der Waals surface area contributed by atoms with E-state index in [1.165, 1.54) is 0 Å². The molecule has 0 amide bonds. The second-order valence-electron chi connectivity index (χ2n) is 5.60. The Balaban J connectivity index is 2.84. The molecule has 128 valence electrons. The summed E-state index contributed by atoms with van der Waals surface area (Å²) in [7, 11) is 0. The summed E-state index contributed by atoms with van der Waals surface area (Å²) in [5.74, 6) is -1.71. The molecular weight excluding hydrogens is 294 g/mol. The van der Waals surface area contributed by atoms with Crippen molar-refractivity contribution in [1.29, 1.82) is 0 Å². The van der Waals surface area contributed by atoms with Gasteiger partial charge in [0.25, 0.3) is 0 Å². The van der Waals surface area contributed by atoms with Gasteiger partial charge < -0.3 is 15.6 Å². The predicted molar refractivity (Wildman–Crippen MR) is 90.5 cm³/mol. The number of carbonyl (C=O) groups is 2. The molecule has 0 aliphatic rings. The smallest absolute Gasteiger partial charge is 0.349 e. The number of esters is 2. The molecular formula is C18H27NO4. The Bertz CT molecular complexity index is 567. The molecule has 0 fully saturated rings. The lowest BCUT2D eigenvalue weighted by Gasteiger charge is -2.14. The number of benzene rings is 1. The third kappa shape index (κ3) is 4.98. The van der Waals surface area contributed by atoms with Gasteiger partial charge in [0.05, 0.1) is 5.69 Å². The lowest BCUT2D eigenvalue weighted by molar-refractivity contribution is -0.138. The number of hydrogen-bond donors (Lipinski definition) is 2. The van der Waals surface area contributed by atoms with Crippen LogP contribution in [0.5, 0.6) is 5.75 Å². The van der Waals surface area contributed by atoms with Gasteiger partial charge in [-0.15, -0.1) is 0 Å². The number of anilines is 1. The Hall–Kier alpha value is -2.04. The number of nitrogens with two attached hydrogens (primary N) is 1. The van der Waals surface area contributed by atoms with Crippen LogP contribution in [0.2, 0.25) is 0 Å². The number of unbranched alkanes of at least 4 members (excludes halogenated alkanes) is 3. The number of ether oxygens (including phenoxy) is 1. The van der Waals surface area contributed by atoms with E-state index in [0.29, 0.717) is 19.3 Å². The van der Waals surface area contributed by atoms with Crippen LogP contribution >= 0.6 is 0 Å². The Kier molecular flexibility index (Phi) is 7.59. The number of phenols is 1. The zero-order chi connectivity index (χ0) is 17.4. The lowest BCUT2D eigenvalue weighted by Crippen LogP contribution is -2.14. The highest BCUT2D eigenvalue weighted by Gasteiger charge is 2.21. The number of rotatable bonds is 8. The highest BCUT2D eigenvalue weighted by atomic mass is 16.6. The third-order valence-corrected chi connectivity index (χ3v) is 3.94. The van der Waals surface area contributed by atoms with Crippen molar-refractivity contribution >= 4 is 17.6 Å². The van der Waals surface area contributed by atoms with E-state index in [-0.39, 0.29) is 23.4 Å². The monoisotopic (exact) mass is 321 g/mol. The van der Waals surface area contributed by atoms with Crippen LogP contribution in [-0.2, 0) is 22.4 Å². The van der Waals surface area contributed by atoms with Crippen molar-refractivity contribution in [3.63, 3.8) is 0 Å². The van der Waals surface area contributed by atoms with Gasteiger partial charge in [-0.1, -0.05) is 40.0 Å². The normalized spacial score (nSPS) is 10.6. The van der Waals surface area contributed by atoms with E-state index in [1.54, 1.807) is 6.07 Å². The Labute approximate surface area is 137 Å². The third-order valence-electron chi connectivity index (χ3n) is 3.94. The van der Waals surface area contributed by atoms with Crippen molar-refractivity contribution in [2.45, 2.75) is 65.7 Å². The quantitative estimate of drug-likeness (QED) is 0.250. The zero-order valence-corrected chi connectivity index (χ0v) is 14.3. The molecule has 0 aliphatic carbocycles. The van der Waals surface area contributed by atoms with Crippen molar-refractivity contribution in [3.8, 4) is 5.75 Å². The van der Waals surface area contributed by atoms with E-state index < -0.39 is 11.9 Å². The fourth-order valence-corrected chi connectivity index (χ4v) is 2.58. The minimum absolute atomic E-state index is 0.0431. The zero-order valence-electron chi connectivity index (χ0n) is 14.3. The molecule has 1 rings (SSSR count). The minimum atomic E-state index is -0.841. The van der Waals surface area contributed by atoms with Crippen molar-refractivity contribution in [1.82, 2.24) is 0 Å². The van der Waals surface area contributed by atoms with Crippen molar-refractivity contribution in [2.24, 2.45) is 0 Å². The van der Waals surface area contributed by atoms with Crippen LogP contribution in [0, 0.1) is 0 Å². The molecule has 5 heteroatoms. The number of hydrogen-bond acceptors (Lipinski definition) is 5. The Morgan fingerprint density at radius 1 is 1.13 bits per heavy atom. The first-order chi connectivity index (χ1) is 11.0. The van der Waals surface area contributed by atoms with Gasteiger partial charge in [0.2, 0.25) is 0 Å². The molecule has 1 aromatic carbocycles. The van der Waals surface area contributed by atoms with Gasteiger partial charge in [0.15, 0.2) is 5.75 Å². The average molecular weight is 321 g/mol. The van der Waals surface area contributed by atoms with Gasteiger partial charge in [0, 0.05) is 6.42 Å². The number of aryl methyl sites for hydroxylation is 1. The van der Waals surface area contributed by atoms with Crippen molar-refractivity contribution in [2.75, 3.05) is 5.73 Å². The number of phenolic OH excluding ortho intramolecular Hbond substituents is 1.